The summed E-state index contributed by atoms with van der Waals surface area (Å²) in [5.41, 5.74) is 6.82. The van der Waals surface area contributed by atoms with Crippen molar-refractivity contribution in [2.75, 3.05) is 6.54 Å². The van der Waals surface area contributed by atoms with E-state index in [-0.39, 0.29) is 5.78 Å². The maximum atomic E-state index is 11.3. The molecular formula is C9H12N2O. The predicted molar refractivity (Wildman–Crippen MR) is 47.0 cm³/mol. The Morgan fingerprint density at radius 3 is 3.00 bits per heavy atom. The van der Waals surface area contributed by atoms with Gasteiger partial charge in [0.1, 0.15) is 5.69 Å². The lowest BCUT2D eigenvalue weighted by molar-refractivity contribution is 0.0980. The van der Waals surface area contributed by atoms with Crippen molar-refractivity contribution in [2.24, 2.45) is 5.73 Å². The molecule has 0 fully saturated rings. The van der Waals surface area contributed by atoms with Crippen LogP contribution in [0.3, 0.4) is 0 Å². The average Bonchev–Trinajstić information content (AvgIpc) is 2.05. The molecule has 0 aliphatic rings. The number of Topliss-reactive ketones (excluding diaryl/α,β-unsaturated/α-hetero) is 1. The van der Waals surface area contributed by atoms with Crippen LogP contribution in [0.15, 0.2) is 18.3 Å². The predicted octanol–water partition coefficient (Wildman–Crippen LogP) is 0.922. The smallest absolute Gasteiger partial charge is 0.182 e. The van der Waals surface area contributed by atoms with Gasteiger partial charge >= 0.3 is 0 Å². The van der Waals surface area contributed by atoms with Crippen LogP contribution in [0.2, 0.25) is 0 Å². The second-order valence-corrected chi connectivity index (χ2v) is 2.68. The zero-order chi connectivity index (χ0) is 8.97. The molecule has 1 rings (SSSR count). The van der Waals surface area contributed by atoms with E-state index in [0.29, 0.717) is 18.7 Å². The molecule has 0 aliphatic carbocycles. The fourth-order valence-electron chi connectivity index (χ4n) is 0.948. The maximum absolute atomic E-state index is 11.3. The number of hydrogen-bond acceptors (Lipinski definition) is 3. The molecule has 0 bridgehead atoms. The molecule has 0 saturated carbocycles. The highest BCUT2D eigenvalue weighted by Crippen LogP contribution is 2.02. The van der Waals surface area contributed by atoms with Gasteiger partial charge in [-0.15, -0.1) is 0 Å². The van der Waals surface area contributed by atoms with Gasteiger partial charge in [0.2, 0.25) is 0 Å². The Labute approximate surface area is 71.6 Å². The summed E-state index contributed by atoms with van der Waals surface area (Å²) in [5, 5.41) is 0. The SMILES string of the molecule is Cc1ccnc(C(=O)CCN)c1. The highest BCUT2D eigenvalue weighted by Gasteiger charge is 2.04. The lowest BCUT2D eigenvalue weighted by atomic mass is 10.1. The summed E-state index contributed by atoms with van der Waals surface area (Å²) in [7, 11) is 0. The third-order valence-corrected chi connectivity index (χ3v) is 1.57. The number of pyridine rings is 1. The fourth-order valence-corrected chi connectivity index (χ4v) is 0.948. The molecule has 2 N–H and O–H groups in total. The lowest BCUT2D eigenvalue weighted by Gasteiger charge is -1.98. The van der Waals surface area contributed by atoms with Gasteiger partial charge in [0, 0.05) is 12.6 Å². The number of carbonyl (C=O) groups is 1. The summed E-state index contributed by atoms with van der Waals surface area (Å²) in [4.78, 5) is 15.2. The average molecular weight is 164 g/mol. The van der Waals surface area contributed by atoms with Gasteiger partial charge in [-0.2, -0.15) is 0 Å². The summed E-state index contributed by atoms with van der Waals surface area (Å²) < 4.78 is 0. The van der Waals surface area contributed by atoms with Crippen molar-refractivity contribution < 1.29 is 4.79 Å². The molecule has 0 aromatic carbocycles. The molecule has 0 atom stereocenters. The Kier molecular flexibility index (Phi) is 2.94. The van der Waals surface area contributed by atoms with Crippen LogP contribution in [0.1, 0.15) is 22.5 Å². The second kappa shape index (κ2) is 3.97. The van der Waals surface area contributed by atoms with E-state index >= 15 is 0 Å². The van der Waals surface area contributed by atoms with Gasteiger partial charge < -0.3 is 5.73 Å². The molecule has 1 aromatic rings. The van der Waals surface area contributed by atoms with Gasteiger partial charge in [-0.25, -0.2) is 0 Å². The van der Waals surface area contributed by atoms with Gasteiger partial charge in [-0.1, -0.05) is 0 Å². The van der Waals surface area contributed by atoms with Crippen LogP contribution >= 0.6 is 0 Å². The van der Waals surface area contributed by atoms with E-state index in [1.54, 1.807) is 12.3 Å². The van der Waals surface area contributed by atoms with Crippen LogP contribution in [0.25, 0.3) is 0 Å². The molecule has 0 aliphatic heterocycles. The minimum Gasteiger partial charge on any atom is -0.330 e. The molecule has 1 heterocycles. The Morgan fingerprint density at radius 1 is 1.67 bits per heavy atom. The molecule has 1 aromatic heterocycles. The zero-order valence-electron chi connectivity index (χ0n) is 7.08. The first-order valence-electron chi connectivity index (χ1n) is 3.90. The Morgan fingerprint density at radius 2 is 2.42 bits per heavy atom. The van der Waals surface area contributed by atoms with E-state index < -0.39 is 0 Å². The van der Waals surface area contributed by atoms with Crippen LogP contribution in [0.5, 0.6) is 0 Å². The van der Waals surface area contributed by atoms with Crippen molar-refractivity contribution in [3.05, 3.63) is 29.6 Å². The van der Waals surface area contributed by atoms with Crippen molar-refractivity contribution in [1.82, 2.24) is 4.98 Å². The molecule has 0 amide bonds. The molecule has 3 nitrogen and oxygen atoms in total. The largest absolute Gasteiger partial charge is 0.330 e. The van der Waals surface area contributed by atoms with E-state index in [1.807, 2.05) is 13.0 Å². The monoisotopic (exact) mass is 164 g/mol. The molecule has 0 radical (unpaired) electrons. The van der Waals surface area contributed by atoms with Crippen LogP contribution in [-0.2, 0) is 0 Å². The third-order valence-electron chi connectivity index (χ3n) is 1.57. The summed E-state index contributed by atoms with van der Waals surface area (Å²) in [6, 6.07) is 3.64. The van der Waals surface area contributed by atoms with Crippen molar-refractivity contribution >= 4 is 5.78 Å². The van der Waals surface area contributed by atoms with Crippen LogP contribution in [-0.4, -0.2) is 17.3 Å². The highest BCUT2D eigenvalue weighted by atomic mass is 16.1. The summed E-state index contributed by atoms with van der Waals surface area (Å²) >= 11 is 0. The lowest BCUT2D eigenvalue weighted by Crippen LogP contribution is -2.09. The van der Waals surface area contributed by atoms with Crippen molar-refractivity contribution in [3.8, 4) is 0 Å². The minimum absolute atomic E-state index is 0.0150. The van der Waals surface area contributed by atoms with Gasteiger partial charge in [0.25, 0.3) is 0 Å². The first kappa shape index (κ1) is 8.87. The number of nitrogens with zero attached hydrogens (tertiary/aromatic N) is 1. The number of aromatic nitrogens is 1. The number of ketones is 1. The maximum Gasteiger partial charge on any atom is 0.182 e. The Hall–Kier alpha value is -1.22. The van der Waals surface area contributed by atoms with Gasteiger partial charge in [0.05, 0.1) is 0 Å². The number of nitrogens with two attached hydrogens (primary N) is 1. The first-order valence-corrected chi connectivity index (χ1v) is 3.90. The van der Waals surface area contributed by atoms with Crippen molar-refractivity contribution in [1.29, 1.82) is 0 Å². The molecule has 0 unspecified atom stereocenters. The summed E-state index contributed by atoms with van der Waals surface area (Å²) in [5.74, 6) is 0.0150. The molecule has 0 saturated heterocycles. The molecular weight excluding hydrogens is 152 g/mol. The van der Waals surface area contributed by atoms with Crippen LogP contribution in [0.4, 0.5) is 0 Å². The van der Waals surface area contributed by atoms with Crippen LogP contribution in [0, 0.1) is 6.92 Å². The van der Waals surface area contributed by atoms with E-state index in [0.717, 1.165) is 5.56 Å². The number of rotatable bonds is 3. The van der Waals surface area contributed by atoms with E-state index in [2.05, 4.69) is 4.98 Å². The Bertz CT molecular complexity index is 284. The van der Waals surface area contributed by atoms with Crippen molar-refractivity contribution in [2.45, 2.75) is 13.3 Å². The van der Waals surface area contributed by atoms with Gasteiger partial charge in [-0.3, -0.25) is 9.78 Å². The number of aryl methyl sites for hydroxylation is 1. The minimum atomic E-state index is 0.0150. The first-order chi connectivity index (χ1) is 5.74. The topological polar surface area (TPSA) is 56.0 Å². The van der Waals surface area contributed by atoms with Gasteiger partial charge in [0.15, 0.2) is 5.78 Å². The molecule has 0 spiro atoms. The highest BCUT2D eigenvalue weighted by molar-refractivity contribution is 5.94. The number of carbonyl (C=O) groups excluding carboxylic acids is 1. The molecule has 3 heteroatoms. The third kappa shape index (κ3) is 2.13. The molecule has 64 valence electrons. The Balaban J connectivity index is 2.81. The zero-order valence-corrected chi connectivity index (χ0v) is 7.08. The number of hydrogen-bond donors (Lipinski definition) is 1. The van der Waals surface area contributed by atoms with E-state index in [9.17, 15) is 4.79 Å². The quantitative estimate of drug-likeness (QED) is 0.676. The van der Waals surface area contributed by atoms with Crippen LogP contribution < -0.4 is 5.73 Å². The normalized spacial score (nSPS) is 9.83. The van der Waals surface area contributed by atoms with E-state index in [1.165, 1.54) is 0 Å². The summed E-state index contributed by atoms with van der Waals surface area (Å²) in [6.07, 6.45) is 2.01. The van der Waals surface area contributed by atoms with Crippen molar-refractivity contribution in [3.63, 3.8) is 0 Å². The summed E-state index contributed by atoms with van der Waals surface area (Å²) in [6.45, 7) is 2.31. The molecule has 12 heavy (non-hydrogen) atoms. The fraction of sp³-hybridized carbons (Fsp3) is 0.333. The van der Waals surface area contributed by atoms with Gasteiger partial charge in [-0.05, 0) is 31.2 Å². The van der Waals surface area contributed by atoms with E-state index in [4.69, 9.17) is 5.73 Å². The standard InChI is InChI=1S/C9H12N2O/c1-7-3-5-11-8(6-7)9(12)2-4-10/h3,5-6H,2,4,10H2,1H3. The second-order valence-electron chi connectivity index (χ2n) is 2.68.